The van der Waals surface area contributed by atoms with Crippen LogP contribution in [0.1, 0.15) is 11.3 Å². The van der Waals surface area contributed by atoms with E-state index in [4.69, 9.17) is 17.4 Å². The Labute approximate surface area is 155 Å². The van der Waals surface area contributed by atoms with Crippen LogP contribution in [-0.2, 0) is 33.2 Å². The van der Waals surface area contributed by atoms with Crippen LogP contribution in [0.2, 0.25) is 0 Å². The summed E-state index contributed by atoms with van der Waals surface area (Å²) in [6, 6.07) is 3.21. The molecule has 0 bridgehead atoms. The van der Waals surface area contributed by atoms with Crippen molar-refractivity contribution < 1.29 is 39.0 Å². The largest absolute Gasteiger partial charge is 0.522 e. The lowest BCUT2D eigenvalue weighted by atomic mass is 10.3. The molecule has 0 aromatic carbocycles. The van der Waals surface area contributed by atoms with E-state index in [1.54, 1.807) is 12.3 Å². The van der Waals surface area contributed by atoms with Gasteiger partial charge in [0.2, 0.25) is 5.71 Å². The Morgan fingerprint density at radius 1 is 1.21 bits per heavy atom. The van der Waals surface area contributed by atoms with E-state index in [9.17, 15) is 21.6 Å². The van der Waals surface area contributed by atoms with Gasteiger partial charge in [0.25, 0.3) is 10.0 Å². The first kappa shape index (κ1) is 20.2. The molecule has 3 aromatic rings. The summed E-state index contributed by atoms with van der Waals surface area (Å²) in [7, 11) is -9.55. The molecule has 1 aliphatic heterocycles. The number of nitrogens with one attached hydrogen (secondary N) is 1. The number of aromatic nitrogens is 3. The highest BCUT2D eigenvalue weighted by Crippen LogP contribution is 2.22. The van der Waals surface area contributed by atoms with Crippen LogP contribution >= 0.6 is 0 Å². The van der Waals surface area contributed by atoms with E-state index in [-0.39, 0.29) is 4.90 Å². The van der Waals surface area contributed by atoms with Crippen molar-refractivity contribution in [3.8, 4) is 0 Å². The average Bonchev–Trinajstić information content (AvgIpc) is 3.28. The molecule has 0 atom stereocenters. The Morgan fingerprint density at radius 2 is 1.89 bits per heavy atom. The lowest BCUT2D eigenvalue weighted by Crippen LogP contribution is -2.21. The molecule has 4 rings (SSSR count). The Kier molecular flexibility index (Phi) is 4.95. The van der Waals surface area contributed by atoms with E-state index >= 15 is 0 Å². The summed E-state index contributed by atoms with van der Waals surface area (Å²) in [5.41, 5.74) is -3.44. The molecule has 0 unspecified atom stereocenters. The van der Waals surface area contributed by atoms with Crippen LogP contribution in [0.4, 0.5) is 13.2 Å². The van der Waals surface area contributed by atoms with E-state index in [0.717, 1.165) is 15.3 Å². The fourth-order valence-electron chi connectivity index (χ4n) is 2.24. The SMILES string of the molecule is O=S(=O)(O)C(F)(F)F.O=S(=O)(c1cnc2occc2c1)n1cc2c(n1)CNC2. The van der Waals surface area contributed by atoms with E-state index < -0.39 is 25.6 Å². The number of rotatable bonds is 2. The second-order valence-electron chi connectivity index (χ2n) is 5.49. The zero-order valence-corrected chi connectivity index (χ0v) is 15.2. The van der Waals surface area contributed by atoms with Crippen molar-refractivity contribution in [1.82, 2.24) is 19.5 Å². The van der Waals surface area contributed by atoms with Gasteiger partial charge in [0, 0.05) is 30.2 Å². The second kappa shape index (κ2) is 6.84. The van der Waals surface area contributed by atoms with Gasteiger partial charge in [0.15, 0.2) is 0 Å². The third-order valence-electron chi connectivity index (χ3n) is 3.58. The van der Waals surface area contributed by atoms with Crippen molar-refractivity contribution in [3.63, 3.8) is 0 Å². The molecule has 0 spiro atoms. The Balaban J connectivity index is 0.000000242. The maximum Gasteiger partial charge on any atom is 0.522 e. The zero-order valence-electron chi connectivity index (χ0n) is 13.6. The molecule has 0 fully saturated rings. The van der Waals surface area contributed by atoms with Crippen molar-refractivity contribution >= 4 is 31.2 Å². The van der Waals surface area contributed by atoms with Crippen molar-refractivity contribution in [2.24, 2.45) is 0 Å². The van der Waals surface area contributed by atoms with Gasteiger partial charge in [0.1, 0.15) is 4.90 Å². The molecule has 28 heavy (non-hydrogen) atoms. The lowest BCUT2D eigenvalue weighted by molar-refractivity contribution is -0.0510. The predicted octanol–water partition coefficient (Wildman–Crippen LogP) is 1.26. The molecule has 0 saturated heterocycles. The molecule has 152 valence electrons. The first-order chi connectivity index (χ1) is 12.9. The van der Waals surface area contributed by atoms with Gasteiger partial charge in [-0.25, -0.2) is 4.98 Å². The van der Waals surface area contributed by atoms with Gasteiger partial charge in [-0.2, -0.15) is 39.2 Å². The molecule has 0 saturated carbocycles. The smallest absolute Gasteiger partial charge is 0.446 e. The summed E-state index contributed by atoms with van der Waals surface area (Å²) in [6.45, 7) is 1.24. The van der Waals surface area contributed by atoms with E-state index in [1.807, 2.05) is 0 Å². The van der Waals surface area contributed by atoms with Gasteiger partial charge < -0.3 is 9.73 Å². The predicted molar refractivity (Wildman–Crippen MR) is 87.0 cm³/mol. The van der Waals surface area contributed by atoms with Crippen LogP contribution in [0.5, 0.6) is 0 Å². The van der Waals surface area contributed by atoms with Crippen LogP contribution in [0.25, 0.3) is 11.1 Å². The monoisotopic (exact) mass is 440 g/mol. The molecule has 15 heteroatoms. The van der Waals surface area contributed by atoms with Crippen molar-refractivity contribution in [2.75, 3.05) is 0 Å². The minimum atomic E-state index is -5.84. The van der Waals surface area contributed by atoms with Gasteiger partial charge in [-0.1, -0.05) is 0 Å². The highest BCUT2D eigenvalue weighted by molar-refractivity contribution is 7.89. The highest BCUT2D eigenvalue weighted by atomic mass is 32.2. The van der Waals surface area contributed by atoms with E-state index in [1.165, 1.54) is 18.5 Å². The minimum Gasteiger partial charge on any atom is -0.446 e. The maximum atomic E-state index is 12.5. The zero-order chi connectivity index (χ0) is 20.7. The quantitative estimate of drug-likeness (QED) is 0.444. The van der Waals surface area contributed by atoms with E-state index in [2.05, 4.69) is 15.4 Å². The number of furan rings is 1. The number of nitrogens with zero attached hydrogens (tertiary/aromatic N) is 3. The van der Waals surface area contributed by atoms with Crippen molar-refractivity contribution in [3.05, 3.63) is 42.0 Å². The summed E-state index contributed by atoms with van der Waals surface area (Å²) < 4.78 is 88.7. The third-order valence-corrected chi connectivity index (χ3v) is 5.67. The van der Waals surface area contributed by atoms with Gasteiger partial charge in [-0.15, -0.1) is 0 Å². The Bertz CT molecular complexity index is 1210. The summed E-state index contributed by atoms with van der Waals surface area (Å²) in [5, 5.41) is 7.88. The van der Waals surface area contributed by atoms with Gasteiger partial charge >= 0.3 is 15.6 Å². The molecule has 1 aliphatic rings. The second-order valence-corrected chi connectivity index (χ2v) is 8.70. The maximum absolute atomic E-state index is 12.5. The molecule has 3 aromatic heterocycles. The normalized spacial score (nSPS) is 14.6. The molecule has 0 radical (unpaired) electrons. The van der Waals surface area contributed by atoms with Gasteiger partial charge in [0.05, 0.1) is 18.2 Å². The van der Waals surface area contributed by atoms with Crippen LogP contribution in [0.15, 0.2) is 40.1 Å². The molecular formula is C13H11F3N4O6S2. The molecule has 10 nitrogen and oxygen atoms in total. The number of halogens is 3. The van der Waals surface area contributed by atoms with Gasteiger partial charge in [-0.05, 0) is 12.1 Å². The first-order valence-electron chi connectivity index (χ1n) is 7.30. The Hall–Kier alpha value is -2.49. The molecule has 0 amide bonds. The average molecular weight is 440 g/mol. The number of pyridine rings is 1. The Morgan fingerprint density at radius 3 is 2.50 bits per heavy atom. The molecule has 2 N–H and O–H groups in total. The van der Waals surface area contributed by atoms with E-state index in [0.29, 0.717) is 24.2 Å². The fourth-order valence-corrected chi connectivity index (χ4v) is 3.39. The molecule has 0 aliphatic carbocycles. The first-order valence-corrected chi connectivity index (χ1v) is 10.2. The van der Waals surface area contributed by atoms with Gasteiger partial charge in [-0.3, -0.25) is 4.55 Å². The van der Waals surface area contributed by atoms with Crippen LogP contribution < -0.4 is 5.32 Å². The summed E-state index contributed by atoms with van der Waals surface area (Å²) in [6.07, 6.45) is 4.30. The van der Waals surface area contributed by atoms with Crippen molar-refractivity contribution in [1.29, 1.82) is 0 Å². The standard InChI is InChI=1S/C12H10N4O3S.CHF3O3S/c17-20(18,16-7-9-4-13-6-11(9)15-16)10-3-8-1-2-19-12(8)14-5-10;2-1(3,4)8(5,6)7/h1-3,5,7,13H,4,6H2;(H,5,6,7). The topological polar surface area (TPSA) is 144 Å². The fraction of sp³-hybridized carbons (Fsp3) is 0.231. The molecular weight excluding hydrogens is 429 g/mol. The summed E-state index contributed by atoms with van der Waals surface area (Å²) >= 11 is 0. The summed E-state index contributed by atoms with van der Waals surface area (Å²) in [4.78, 5) is 4.09. The lowest BCUT2D eigenvalue weighted by Gasteiger charge is -2.04. The molecule has 4 heterocycles. The van der Waals surface area contributed by atoms with Crippen LogP contribution in [0.3, 0.4) is 0 Å². The number of hydrogen-bond acceptors (Lipinski definition) is 8. The highest BCUT2D eigenvalue weighted by Gasteiger charge is 2.44. The number of fused-ring (bicyclic) bond motifs is 2. The van der Waals surface area contributed by atoms with Crippen LogP contribution in [0, 0.1) is 0 Å². The third kappa shape index (κ3) is 3.87. The minimum absolute atomic E-state index is 0.0977. The van der Waals surface area contributed by atoms with Crippen molar-refractivity contribution in [2.45, 2.75) is 23.5 Å². The summed E-state index contributed by atoms with van der Waals surface area (Å²) in [5.74, 6) is 0. The van der Waals surface area contributed by atoms with Crippen LogP contribution in [-0.4, -0.2) is 41.1 Å². The number of alkyl halides is 3. The number of hydrogen-bond donors (Lipinski definition) is 2.